The number of nitrogens with two attached hydrogens (primary N) is 1. The Morgan fingerprint density at radius 3 is 2.79 bits per heavy atom. The first-order valence-corrected chi connectivity index (χ1v) is 5.90. The molecular formula is C15H15N3O. The van der Waals surface area contributed by atoms with Crippen LogP contribution in [0.2, 0.25) is 0 Å². The summed E-state index contributed by atoms with van der Waals surface area (Å²) >= 11 is 0. The van der Waals surface area contributed by atoms with Gasteiger partial charge in [0.2, 0.25) is 5.91 Å². The van der Waals surface area contributed by atoms with Crippen LogP contribution >= 0.6 is 0 Å². The first-order chi connectivity index (χ1) is 9.16. The predicted molar refractivity (Wildman–Crippen MR) is 75.9 cm³/mol. The highest BCUT2D eigenvalue weighted by Gasteiger charge is 2.06. The molecule has 4 nitrogen and oxygen atoms in total. The van der Waals surface area contributed by atoms with Crippen molar-refractivity contribution in [2.75, 3.05) is 0 Å². The Morgan fingerprint density at radius 1 is 1.37 bits per heavy atom. The summed E-state index contributed by atoms with van der Waals surface area (Å²) < 4.78 is 1.73. The third-order valence-electron chi connectivity index (χ3n) is 2.68. The lowest BCUT2D eigenvalue weighted by Crippen LogP contribution is -2.11. The van der Waals surface area contributed by atoms with E-state index < -0.39 is 5.91 Å². The Balaban J connectivity index is 1.99. The standard InChI is InChI=1S/C15H15N3O/c1-12(15(16)19)14-10-17-18(11-14)9-5-8-13-6-3-2-4-7-13/h2-8,10-11H,1,9H2,(H2,16,19). The topological polar surface area (TPSA) is 60.9 Å². The third-order valence-corrected chi connectivity index (χ3v) is 2.68. The van der Waals surface area contributed by atoms with Crippen LogP contribution in [0.3, 0.4) is 0 Å². The van der Waals surface area contributed by atoms with E-state index in [1.165, 1.54) is 0 Å². The smallest absolute Gasteiger partial charge is 0.248 e. The Labute approximate surface area is 111 Å². The molecule has 0 saturated carbocycles. The van der Waals surface area contributed by atoms with Gasteiger partial charge in [-0.15, -0.1) is 0 Å². The second-order valence-corrected chi connectivity index (χ2v) is 4.11. The van der Waals surface area contributed by atoms with E-state index in [1.54, 1.807) is 17.1 Å². The highest BCUT2D eigenvalue weighted by Crippen LogP contribution is 2.10. The number of primary amides is 1. The number of allylic oxidation sites excluding steroid dienone is 1. The zero-order valence-electron chi connectivity index (χ0n) is 10.5. The van der Waals surface area contributed by atoms with Crippen molar-refractivity contribution in [1.82, 2.24) is 9.78 Å². The van der Waals surface area contributed by atoms with E-state index in [-0.39, 0.29) is 5.57 Å². The van der Waals surface area contributed by atoms with Gasteiger partial charge in [0.05, 0.1) is 12.7 Å². The molecule has 19 heavy (non-hydrogen) atoms. The number of rotatable bonds is 5. The zero-order valence-corrected chi connectivity index (χ0v) is 10.5. The fraction of sp³-hybridized carbons (Fsp3) is 0.0667. The molecule has 0 spiro atoms. The maximum absolute atomic E-state index is 11.0. The van der Waals surface area contributed by atoms with Crippen LogP contribution in [0.15, 0.2) is 55.4 Å². The highest BCUT2D eigenvalue weighted by molar-refractivity contribution is 6.17. The first kappa shape index (κ1) is 12.8. The fourth-order valence-electron chi connectivity index (χ4n) is 1.62. The summed E-state index contributed by atoms with van der Waals surface area (Å²) in [6, 6.07) is 10.0. The number of benzene rings is 1. The fourth-order valence-corrected chi connectivity index (χ4v) is 1.62. The van der Waals surface area contributed by atoms with Gasteiger partial charge in [0.1, 0.15) is 0 Å². The predicted octanol–water partition coefficient (Wildman–Crippen LogP) is 2.09. The number of carbonyl (C=O) groups excluding carboxylic acids is 1. The average molecular weight is 253 g/mol. The summed E-state index contributed by atoms with van der Waals surface area (Å²) in [6.07, 6.45) is 7.36. The number of aromatic nitrogens is 2. The molecule has 1 heterocycles. The van der Waals surface area contributed by atoms with E-state index in [0.717, 1.165) is 5.56 Å². The van der Waals surface area contributed by atoms with Crippen LogP contribution in [0.5, 0.6) is 0 Å². The molecule has 1 amide bonds. The van der Waals surface area contributed by atoms with Crippen molar-refractivity contribution in [3.05, 3.63) is 66.5 Å². The summed E-state index contributed by atoms with van der Waals surface area (Å²) in [5, 5.41) is 4.15. The lowest BCUT2D eigenvalue weighted by molar-refractivity contribution is -0.112. The molecule has 2 aromatic rings. The number of nitrogens with zero attached hydrogens (tertiary/aromatic N) is 2. The van der Waals surface area contributed by atoms with Gasteiger partial charge in [0.25, 0.3) is 0 Å². The Bertz CT molecular complexity index is 611. The van der Waals surface area contributed by atoms with Gasteiger partial charge < -0.3 is 5.73 Å². The maximum atomic E-state index is 11.0. The minimum absolute atomic E-state index is 0.276. The summed E-state index contributed by atoms with van der Waals surface area (Å²) in [4.78, 5) is 11.0. The lowest BCUT2D eigenvalue weighted by atomic mass is 10.2. The summed E-state index contributed by atoms with van der Waals surface area (Å²) in [7, 11) is 0. The van der Waals surface area contributed by atoms with Crippen molar-refractivity contribution < 1.29 is 4.79 Å². The highest BCUT2D eigenvalue weighted by atomic mass is 16.1. The number of carbonyl (C=O) groups is 1. The van der Waals surface area contributed by atoms with Crippen molar-refractivity contribution in [2.24, 2.45) is 5.73 Å². The van der Waals surface area contributed by atoms with Gasteiger partial charge in [0.15, 0.2) is 0 Å². The van der Waals surface area contributed by atoms with Crippen LogP contribution < -0.4 is 5.73 Å². The first-order valence-electron chi connectivity index (χ1n) is 5.90. The second kappa shape index (κ2) is 5.82. The quantitative estimate of drug-likeness (QED) is 0.829. The van der Waals surface area contributed by atoms with E-state index in [2.05, 4.69) is 11.7 Å². The molecular weight excluding hydrogens is 238 g/mol. The molecule has 0 unspecified atom stereocenters. The lowest BCUT2D eigenvalue weighted by Gasteiger charge is -1.96. The molecule has 2 N–H and O–H groups in total. The molecule has 0 aliphatic heterocycles. The van der Waals surface area contributed by atoms with Crippen LogP contribution in [0.25, 0.3) is 11.6 Å². The summed E-state index contributed by atoms with van der Waals surface area (Å²) in [6.45, 7) is 4.25. The molecule has 0 saturated heterocycles. The third kappa shape index (κ3) is 3.42. The average Bonchev–Trinajstić information content (AvgIpc) is 2.88. The molecule has 0 radical (unpaired) electrons. The minimum atomic E-state index is -0.528. The van der Waals surface area contributed by atoms with Gasteiger partial charge in [-0.25, -0.2) is 0 Å². The normalized spacial score (nSPS) is 10.7. The number of hydrogen-bond acceptors (Lipinski definition) is 2. The van der Waals surface area contributed by atoms with Gasteiger partial charge in [-0.2, -0.15) is 5.10 Å². The van der Waals surface area contributed by atoms with Crippen molar-refractivity contribution in [2.45, 2.75) is 6.54 Å². The maximum Gasteiger partial charge on any atom is 0.248 e. The molecule has 4 heteroatoms. The molecule has 0 atom stereocenters. The number of hydrogen-bond donors (Lipinski definition) is 1. The molecule has 2 rings (SSSR count). The minimum Gasteiger partial charge on any atom is -0.366 e. The number of amides is 1. The van der Waals surface area contributed by atoms with Gasteiger partial charge in [0, 0.05) is 17.3 Å². The molecule has 0 aliphatic rings. The van der Waals surface area contributed by atoms with E-state index in [1.807, 2.05) is 42.5 Å². The van der Waals surface area contributed by atoms with Crippen LogP contribution in [-0.2, 0) is 11.3 Å². The largest absolute Gasteiger partial charge is 0.366 e. The van der Waals surface area contributed by atoms with Crippen molar-refractivity contribution in [3.63, 3.8) is 0 Å². The molecule has 1 aromatic heterocycles. The van der Waals surface area contributed by atoms with E-state index >= 15 is 0 Å². The SMILES string of the molecule is C=C(C(N)=O)c1cnn(CC=Cc2ccccc2)c1. The van der Waals surface area contributed by atoms with E-state index in [0.29, 0.717) is 12.1 Å². The second-order valence-electron chi connectivity index (χ2n) is 4.11. The van der Waals surface area contributed by atoms with Gasteiger partial charge in [-0.3, -0.25) is 9.48 Å². The molecule has 96 valence electrons. The van der Waals surface area contributed by atoms with Crippen molar-refractivity contribution in [1.29, 1.82) is 0 Å². The van der Waals surface area contributed by atoms with Crippen LogP contribution in [0, 0.1) is 0 Å². The van der Waals surface area contributed by atoms with Gasteiger partial charge in [-0.1, -0.05) is 49.1 Å². The summed E-state index contributed by atoms with van der Waals surface area (Å²) in [5.41, 5.74) is 7.23. The van der Waals surface area contributed by atoms with Crippen LogP contribution in [0.4, 0.5) is 0 Å². The zero-order chi connectivity index (χ0) is 13.7. The van der Waals surface area contributed by atoms with Crippen molar-refractivity contribution >= 4 is 17.6 Å². The van der Waals surface area contributed by atoms with Crippen LogP contribution in [-0.4, -0.2) is 15.7 Å². The van der Waals surface area contributed by atoms with E-state index in [9.17, 15) is 4.79 Å². The Hall–Kier alpha value is -2.62. The molecule has 0 bridgehead atoms. The molecule has 0 aliphatic carbocycles. The summed E-state index contributed by atoms with van der Waals surface area (Å²) in [5.74, 6) is -0.528. The van der Waals surface area contributed by atoms with E-state index in [4.69, 9.17) is 5.73 Å². The van der Waals surface area contributed by atoms with Gasteiger partial charge in [-0.05, 0) is 5.56 Å². The van der Waals surface area contributed by atoms with Crippen molar-refractivity contribution in [3.8, 4) is 0 Å². The molecule has 0 fully saturated rings. The van der Waals surface area contributed by atoms with Gasteiger partial charge >= 0.3 is 0 Å². The monoisotopic (exact) mass is 253 g/mol. The Kier molecular flexibility index (Phi) is 3.93. The molecule has 1 aromatic carbocycles. The van der Waals surface area contributed by atoms with Crippen LogP contribution in [0.1, 0.15) is 11.1 Å². The Morgan fingerprint density at radius 2 is 2.11 bits per heavy atom.